The molecule has 5 nitrogen and oxygen atoms in total. The van der Waals surface area contributed by atoms with Crippen LogP contribution < -0.4 is 15.4 Å². The average Bonchev–Trinajstić information content (AvgIpc) is 2.36. The average molecular weight is 270 g/mol. The number of hydrogen-bond acceptors (Lipinski definition) is 3. The van der Waals surface area contributed by atoms with Gasteiger partial charge in [0.1, 0.15) is 11.6 Å². The molecule has 0 fully saturated rings. The summed E-state index contributed by atoms with van der Waals surface area (Å²) in [6.07, 6.45) is 0.487. The van der Waals surface area contributed by atoms with Gasteiger partial charge in [-0.25, -0.2) is 9.18 Å². The fourth-order valence-corrected chi connectivity index (χ4v) is 1.56. The van der Waals surface area contributed by atoms with Crippen LogP contribution in [0.3, 0.4) is 0 Å². The van der Waals surface area contributed by atoms with Gasteiger partial charge in [0, 0.05) is 25.3 Å². The summed E-state index contributed by atoms with van der Waals surface area (Å²) in [7, 11) is 1.45. The van der Waals surface area contributed by atoms with E-state index in [1.54, 1.807) is 13.0 Å². The molecule has 0 bridgehead atoms. The van der Waals surface area contributed by atoms with Crippen molar-refractivity contribution in [1.29, 1.82) is 0 Å². The van der Waals surface area contributed by atoms with Crippen LogP contribution in [0.1, 0.15) is 18.9 Å². The van der Waals surface area contributed by atoms with Crippen LogP contribution in [0, 0.1) is 5.82 Å². The van der Waals surface area contributed by atoms with Crippen LogP contribution in [0.15, 0.2) is 18.2 Å². The molecule has 0 saturated carbocycles. The Bertz CT molecular complexity index is 426. The third kappa shape index (κ3) is 5.56. The van der Waals surface area contributed by atoms with Crippen LogP contribution >= 0.6 is 0 Å². The lowest BCUT2D eigenvalue weighted by Gasteiger charge is -2.13. The molecule has 1 aromatic carbocycles. The molecule has 0 aromatic heterocycles. The lowest BCUT2D eigenvalue weighted by atomic mass is 10.2. The molecule has 106 valence electrons. The zero-order valence-electron chi connectivity index (χ0n) is 11.1. The summed E-state index contributed by atoms with van der Waals surface area (Å²) in [6.45, 7) is 2.01. The third-order valence-corrected chi connectivity index (χ3v) is 2.56. The highest BCUT2D eigenvalue weighted by Gasteiger charge is 2.07. The van der Waals surface area contributed by atoms with Crippen LogP contribution in [0.5, 0.6) is 5.75 Å². The van der Waals surface area contributed by atoms with E-state index in [2.05, 4.69) is 10.6 Å². The van der Waals surface area contributed by atoms with Gasteiger partial charge in [-0.2, -0.15) is 0 Å². The number of urea groups is 1. The predicted octanol–water partition coefficient (Wildman–Crippen LogP) is 1.40. The van der Waals surface area contributed by atoms with Gasteiger partial charge in [-0.15, -0.1) is 0 Å². The van der Waals surface area contributed by atoms with E-state index in [0.29, 0.717) is 17.7 Å². The van der Waals surface area contributed by atoms with E-state index in [4.69, 9.17) is 9.84 Å². The lowest BCUT2D eigenvalue weighted by molar-refractivity contribution is 0.230. The maximum Gasteiger partial charge on any atom is 0.315 e. The van der Waals surface area contributed by atoms with Crippen LogP contribution in [-0.4, -0.2) is 30.9 Å². The van der Waals surface area contributed by atoms with Gasteiger partial charge in [-0.3, -0.25) is 0 Å². The summed E-state index contributed by atoms with van der Waals surface area (Å²) in [6, 6.07) is 3.78. The Labute approximate surface area is 111 Å². The molecule has 6 heteroatoms. The molecular formula is C13H19FN2O3. The quantitative estimate of drug-likeness (QED) is 0.732. The van der Waals surface area contributed by atoms with E-state index in [-0.39, 0.29) is 25.2 Å². The Kier molecular flexibility index (Phi) is 6.08. The fourth-order valence-electron chi connectivity index (χ4n) is 1.56. The summed E-state index contributed by atoms with van der Waals surface area (Å²) in [5, 5.41) is 14.0. The molecule has 2 amide bonds. The Morgan fingerprint density at radius 3 is 2.84 bits per heavy atom. The minimum atomic E-state index is -0.412. The van der Waals surface area contributed by atoms with Crippen LogP contribution in [0.25, 0.3) is 0 Å². The van der Waals surface area contributed by atoms with Crippen LogP contribution in [0.4, 0.5) is 9.18 Å². The second-order valence-corrected chi connectivity index (χ2v) is 4.24. The molecule has 0 radical (unpaired) electrons. The molecule has 3 N–H and O–H groups in total. The predicted molar refractivity (Wildman–Crippen MR) is 69.5 cm³/mol. The largest absolute Gasteiger partial charge is 0.497 e. The third-order valence-electron chi connectivity index (χ3n) is 2.56. The Morgan fingerprint density at radius 1 is 1.47 bits per heavy atom. The molecule has 1 aromatic rings. The summed E-state index contributed by atoms with van der Waals surface area (Å²) in [4.78, 5) is 11.5. The monoisotopic (exact) mass is 270 g/mol. The normalized spacial score (nSPS) is 11.8. The SMILES string of the molecule is COc1cc(F)cc(CNC(=O)N[C@H](C)CCO)c1. The van der Waals surface area contributed by atoms with E-state index >= 15 is 0 Å². The highest BCUT2D eigenvalue weighted by Crippen LogP contribution is 2.15. The zero-order chi connectivity index (χ0) is 14.3. The Morgan fingerprint density at radius 2 is 2.21 bits per heavy atom. The first-order chi connectivity index (χ1) is 9.05. The van der Waals surface area contributed by atoms with Gasteiger partial charge in [0.2, 0.25) is 0 Å². The Hall–Kier alpha value is -1.82. The van der Waals surface area contributed by atoms with Crippen molar-refractivity contribution in [2.24, 2.45) is 0 Å². The molecule has 0 aliphatic heterocycles. The second-order valence-electron chi connectivity index (χ2n) is 4.24. The number of aliphatic hydroxyl groups is 1. The first-order valence-corrected chi connectivity index (χ1v) is 6.04. The van der Waals surface area contributed by atoms with E-state index in [0.717, 1.165) is 0 Å². The van der Waals surface area contributed by atoms with Gasteiger partial charge in [0.15, 0.2) is 0 Å². The topological polar surface area (TPSA) is 70.6 Å². The van der Waals surface area contributed by atoms with Crippen molar-refractivity contribution >= 4 is 6.03 Å². The number of methoxy groups -OCH3 is 1. The van der Waals surface area contributed by atoms with Gasteiger partial charge in [0.05, 0.1) is 7.11 Å². The molecule has 0 unspecified atom stereocenters. The number of ether oxygens (including phenoxy) is 1. The van der Waals surface area contributed by atoms with Crippen molar-refractivity contribution in [1.82, 2.24) is 10.6 Å². The number of benzene rings is 1. The van der Waals surface area contributed by atoms with Crippen molar-refractivity contribution in [3.8, 4) is 5.75 Å². The number of carbonyl (C=O) groups is 1. The molecule has 1 rings (SSSR count). The first-order valence-electron chi connectivity index (χ1n) is 6.04. The van der Waals surface area contributed by atoms with Crippen molar-refractivity contribution < 1.29 is 19.0 Å². The highest BCUT2D eigenvalue weighted by atomic mass is 19.1. The number of amides is 2. The zero-order valence-corrected chi connectivity index (χ0v) is 11.1. The summed E-state index contributed by atoms with van der Waals surface area (Å²) in [5.74, 6) is -0.00364. The number of carbonyl (C=O) groups excluding carboxylic acids is 1. The maximum atomic E-state index is 13.2. The van der Waals surface area contributed by atoms with Gasteiger partial charge in [-0.05, 0) is 31.0 Å². The standard InChI is InChI=1S/C13H19FN2O3/c1-9(3-4-17)16-13(18)15-8-10-5-11(14)7-12(6-10)19-2/h5-7,9,17H,3-4,8H2,1-2H3,(H2,15,16,18)/t9-/m1/s1. The van der Waals surface area contributed by atoms with E-state index < -0.39 is 5.82 Å². The number of rotatable bonds is 6. The van der Waals surface area contributed by atoms with Gasteiger partial charge < -0.3 is 20.5 Å². The molecule has 0 aliphatic carbocycles. The van der Waals surface area contributed by atoms with Gasteiger partial charge in [-0.1, -0.05) is 0 Å². The summed E-state index contributed by atoms with van der Waals surface area (Å²) in [5.41, 5.74) is 0.613. The van der Waals surface area contributed by atoms with Gasteiger partial charge >= 0.3 is 6.03 Å². The van der Waals surface area contributed by atoms with E-state index in [9.17, 15) is 9.18 Å². The molecule has 19 heavy (non-hydrogen) atoms. The number of halogens is 1. The maximum absolute atomic E-state index is 13.2. The summed E-state index contributed by atoms with van der Waals surface area (Å²) >= 11 is 0. The minimum absolute atomic E-state index is 0.0164. The molecule has 0 spiro atoms. The van der Waals surface area contributed by atoms with Crippen molar-refractivity contribution in [2.45, 2.75) is 25.9 Å². The second kappa shape index (κ2) is 7.58. The molecule has 0 heterocycles. The molecule has 0 saturated heterocycles. The van der Waals surface area contributed by atoms with Crippen molar-refractivity contribution in [2.75, 3.05) is 13.7 Å². The van der Waals surface area contributed by atoms with Gasteiger partial charge in [0.25, 0.3) is 0 Å². The number of aliphatic hydroxyl groups excluding tert-OH is 1. The van der Waals surface area contributed by atoms with Crippen LogP contribution in [0.2, 0.25) is 0 Å². The molecular weight excluding hydrogens is 251 g/mol. The molecule has 0 aliphatic rings. The van der Waals surface area contributed by atoms with Crippen LogP contribution in [-0.2, 0) is 6.54 Å². The highest BCUT2D eigenvalue weighted by molar-refractivity contribution is 5.74. The van der Waals surface area contributed by atoms with Crippen molar-refractivity contribution in [3.63, 3.8) is 0 Å². The fraction of sp³-hybridized carbons (Fsp3) is 0.462. The van der Waals surface area contributed by atoms with E-state index in [1.807, 2.05) is 0 Å². The number of nitrogens with one attached hydrogen (secondary N) is 2. The smallest absolute Gasteiger partial charge is 0.315 e. The number of hydrogen-bond donors (Lipinski definition) is 3. The molecule has 1 atom stereocenters. The summed E-state index contributed by atoms with van der Waals surface area (Å²) < 4.78 is 18.2. The van der Waals surface area contributed by atoms with E-state index in [1.165, 1.54) is 19.2 Å². The lowest BCUT2D eigenvalue weighted by Crippen LogP contribution is -2.40. The van der Waals surface area contributed by atoms with Crippen molar-refractivity contribution in [3.05, 3.63) is 29.6 Å². The Balaban J connectivity index is 2.48. The first kappa shape index (κ1) is 15.2. The minimum Gasteiger partial charge on any atom is -0.497 e.